The number of rotatable bonds is 3. The van der Waals surface area contributed by atoms with Gasteiger partial charge in [0.25, 0.3) is 11.8 Å². The molecule has 1 aromatic rings. The summed E-state index contributed by atoms with van der Waals surface area (Å²) in [6.07, 6.45) is -3.43. The van der Waals surface area contributed by atoms with Crippen LogP contribution < -0.4 is 0 Å². The van der Waals surface area contributed by atoms with Crippen LogP contribution in [0.25, 0.3) is 0 Å². The Hall–Kier alpha value is -2.18. The van der Waals surface area contributed by atoms with Gasteiger partial charge in [0, 0.05) is 31.2 Å². The molecule has 0 atom stereocenters. The lowest BCUT2D eigenvalue weighted by Gasteiger charge is -2.44. The van der Waals surface area contributed by atoms with E-state index in [9.17, 15) is 27.9 Å². The highest BCUT2D eigenvalue weighted by atomic mass is 19.4. The second-order valence-corrected chi connectivity index (χ2v) is 7.32. The van der Waals surface area contributed by atoms with Crippen LogP contribution in [0, 0.1) is 0 Å². The largest absolute Gasteiger partial charge is 0.435 e. The maximum absolute atomic E-state index is 13.2. The number of amides is 2. The predicted octanol–water partition coefficient (Wildman–Crippen LogP) is 0.0882. The van der Waals surface area contributed by atoms with Gasteiger partial charge in [0.1, 0.15) is 19.0 Å². The van der Waals surface area contributed by atoms with Gasteiger partial charge in [0.15, 0.2) is 5.69 Å². The number of nitrogens with zero attached hydrogens (tertiary/aromatic N) is 5. The first kappa shape index (κ1) is 20.1. The number of hydrogen-bond acceptors (Lipinski definition) is 6. The fourth-order valence-electron chi connectivity index (χ4n) is 4.34. The number of halogens is 3. The van der Waals surface area contributed by atoms with Crippen LogP contribution in [0.5, 0.6) is 0 Å². The zero-order valence-electron chi connectivity index (χ0n) is 15.7. The van der Waals surface area contributed by atoms with Crippen LogP contribution in [-0.4, -0.2) is 87.1 Å². The monoisotopic (exact) mass is 417 g/mol. The zero-order valence-corrected chi connectivity index (χ0v) is 15.7. The van der Waals surface area contributed by atoms with Crippen molar-refractivity contribution in [3.05, 3.63) is 17.0 Å². The van der Waals surface area contributed by atoms with Gasteiger partial charge >= 0.3 is 6.18 Å². The number of aromatic nitrogens is 2. The second kappa shape index (κ2) is 7.58. The van der Waals surface area contributed by atoms with Gasteiger partial charge < -0.3 is 14.7 Å². The van der Waals surface area contributed by atoms with Crippen molar-refractivity contribution in [3.63, 3.8) is 0 Å². The van der Waals surface area contributed by atoms with Crippen molar-refractivity contribution in [1.82, 2.24) is 24.7 Å². The van der Waals surface area contributed by atoms with Gasteiger partial charge in [-0.25, -0.2) is 9.69 Å². The smallest absolute Gasteiger partial charge is 0.374 e. The maximum atomic E-state index is 13.2. The van der Waals surface area contributed by atoms with Crippen LogP contribution >= 0.6 is 0 Å². The first-order valence-corrected chi connectivity index (χ1v) is 9.53. The minimum Gasteiger partial charge on any atom is -0.374 e. The molecular formula is C17H22F3N5O4. The summed E-state index contributed by atoms with van der Waals surface area (Å²) in [6, 6.07) is -0.139. The highest BCUT2D eigenvalue weighted by Gasteiger charge is 2.44. The SMILES string of the molecule is O=C1c2c(c(C(F)(F)F)nn2CO)CCN1C1CCN(N2CCOCC2=O)CC1. The van der Waals surface area contributed by atoms with Gasteiger partial charge in [0.2, 0.25) is 0 Å². The van der Waals surface area contributed by atoms with Crippen molar-refractivity contribution in [1.29, 1.82) is 0 Å². The number of alkyl halides is 3. The summed E-state index contributed by atoms with van der Waals surface area (Å²) < 4.78 is 45.5. The molecule has 0 bridgehead atoms. The Kier molecular flexibility index (Phi) is 5.25. The van der Waals surface area contributed by atoms with Gasteiger partial charge in [-0.2, -0.15) is 18.3 Å². The van der Waals surface area contributed by atoms with Crippen LogP contribution in [0.1, 0.15) is 34.6 Å². The van der Waals surface area contributed by atoms with Gasteiger partial charge in [0.05, 0.1) is 13.2 Å². The van der Waals surface area contributed by atoms with Crippen molar-refractivity contribution < 1.29 is 32.6 Å². The molecule has 0 unspecified atom stereocenters. The number of carbonyl (C=O) groups is 2. The average molecular weight is 417 g/mol. The Balaban J connectivity index is 1.48. The third-order valence-corrected chi connectivity index (χ3v) is 5.70. The Bertz CT molecular complexity index is 804. The third-order valence-electron chi connectivity index (χ3n) is 5.70. The number of morpholine rings is 1. The van der Waals surface area contributed by atoms with Crippen molar-refractivity contribution in [3.8, 4) is 0 Å². The van der Waals surface area contributed by atoms with Gasteiger partial charge in [-0.3, -0.25) is 14.6 Å². The van der Waals surface area contributed by atoms with E-state index >= 15 is 0 Å². The number of carbonyl (C=O) groups excluding carboxylic acids is 2. The number of hydrazine groups is 1. The van der Waals surface area contributed by atoms with E-state index in [1.54, 1.807) is 9.91 Å². The fourth-order valence-corrected chi connectivity index (χ4v) is 4.34. The fraction of sp³-hybridized carbons (Fsp3) is 0.706. The van der Waals surface area contributed by atoms with Gasteiger partial charge in [-0.1, -0.05) is 0 Å². The highest BCUT2D eigenvalue weighted by Crippen LogP contribution is 2.36. The molecule has 3 aliphatic heterocycles. The third kappa shape index (κ3) is 3.60. The number of aliphatic hydroxyl groups is 1. The van der Waals surface area contributed by atoms with E-state index in [0.717, 1.165) is 4.68 Å². The number of aliphatic hydroxyl groups excluding tert-OH is 1. The molecule has 160 valence electrons. The van der Waals surface area contributed by atoms with Gasteiger partial charge in [-0.15, -0.1) is 0 Å². The van der Waals surface area contributed by atoms with Crippen molar-refractivity contribution >= 4 is 11.8 Å². The summed E-state index contributed by atoms with van der Waals surface area (Å²) in [4.78, 5) is 26.5. The molecule has 0 saturated carbocycles. The number of piperidine rings is 1. The summed E-state index contributed by atoms with van der Waals surface area (Å²) in [5.74, 6) is -0.635. The number of ether oxygens (including phenoxy) is 1. The van der Waals surface area contributed by atoms with E-state index in [-0.39, 0.29) is 42.8 Å². The van der Waals surface area contributed by atoms with E-state index in [1.165, 1.54) is 0 Å². The average Bonchev–Trinajstić information content (AvgIpc) is 3.09. The van der Waals surface area contributed by atoms with E-state index in [1.807, 2.05) is 5.01 Å². The molecule has 4 rings (SSSR count). The minimum absolute atomic E-state index is 0.0398. The molecule has 29 heavy (non-hydrogen) atoms. The number of fused-ring (bicyclic) bond motifs is 1. The molecule has 0 aliphatic carbocycles. The Labute approximate surface area is 164 Å². The summed E-state index contributed by atoms with van der Waals surface area (Å²) in [5, 5.41) is 16.4. The molecule has 0 spiro atoms. The molecule has 4 heterocycles. The van der Waals surface area contributed by atoms with E-state index in [2.05, 4.69) is 5.10 Å². The standard InChI is InChI=1S/C17H22F3N5O4/c18-17(19,20)15-12-3-6-23(16(28)14(12)24(10-26)21-15)11-1-4-22(5-2-11)25-7-8-29-9-13(25)27/h11,26H,1-10H2. The molecule has 3 aliphatic rings. The molecule has 1 N–H and O–H groups in total. The lowest BCUT2D eigenvalue weighted by molar-refractivity contribution is -0.168. The summed E-state index contributed by atoms with van der Waals surface area (Å²) >= 11 is 0. The van der Waals surface area contributed by atoms with Crippen molar-refractivity contribution in [2.75, 3.05) is 39.4 Å². The van der Waals surface area contributed by atoms with Crippen LogP contribution in [0.3, 0.4) is 0 Å². The van der Waals surface area contributed by atoms with E-state index in [4.69, 9.17) is 4.74 Å². The molecule has 12 heteroatoms. The summed E-state index contributed by atoms with van der Waals surface area (Å²) in [6.45, 7) is 1.54. The first-order valence-electron chi connectivity index (χ1n) is 9.53. The minimum atomic E-state index is -4.68. The molecule has 2 amide bonds. The molecular weight excluding hydrogens is 395 g/mol. The molecule has 0 radical (unpaired) electrons. The van der Waals surface area contributed by atoms with E-state index in [0.29, 0.717) is 39.1 Å². The Morgan fingerprint density at radius 3 is 2.48 bits per heavy atom. The molecule has 9 nitrogen and oxygen atoms in total. The van der Waals surface area contributed by atoms with Gasteiger partial charge in [-0.05, 0) is 19.3 Å². The Morgan fingerprint density at radius 1 is 1.14 bits per heavy atom. The van der Waals surface area contributed by atoms with Crippen LogP contribution in [0.2, 0.25) is 0 Å². The Morgan fingerprint density at radius 2 is 1.86 bits per heavy atom. The van der Waals surface area contributed by atoms with E-state index < -0.39 is 24.5 Å². The summed E-state index contributed by atoms with van der Waals surface area (Å²) in [7, 11) is 0. The molecule has 1 aromatic heterocycles. The highest BCUT2D eigenvalue weighted by molar-refractivity contribution is 5.95. The van der Waals surface area contributed by atoms with Crippen LogP contribution in [0.15, 0.2) is 0 Å². The topological polar surface area (TPSA) is 91.1 Å². The normalized spacial score (nSPS) is 22.3. The van der Waals surface area contributed by atoms with Crippen molar-refractivity contribution in [2.24, 2.45) is 0 Å². The number of hydrogen-bond donors (Lipinski definition) is 1. The summed E-state index contributed by atoms with van der Waals surface area (Å²) in [5.41, 5.74) is -1.43. The second-order valence-electron chi connectivity index (χ2n) is 7.32. The molecule has 2 fully saturated rings. The lowest BCUT2D eigenvalue weighted by atomic mass is 9.97. The lowest BCUT2D eigenvalue weighted by Crippen LogP contribution is -2.57. The van der Waals surface area contributed by atoms with Crippen LogP contribution in [-0.2, 0) is 28.9 Å². The molecule has 0 aromatic carbocycles. The zero-order chi connectivity index (χ0) is 20.8. The van der Waals surface area contributed by atoms with Crippen LogP contribution in [0.4, 0.5) is 13.2 Å². The quantitative estimate of drug-likeness (QED) is 0.750. The first-order chi connectivity index (χ1) is 13.8. The predicted molar refractivity (Wildman–Crippen MR) is 91.3 cm³/mol. The van der Waals surface area contributed by atoms with Crippen molar-refractivity contribution in [2.45, 2.75) is 38.2 Å². The maximum Gasteiger partial charge on any atom is 0.435 e. The molecule has 2 saturated heterocycles.